The van der Waals surface area contributed by atoms with Gasteiger partial charge in [0.05, 0.1) is 11.8 Å². The molecule has 0 aromatic carbocycles. The fourth-order valence-electron chi connectivity index (χ4n) is 2.56. The minimum atomic E-state index is -3.27. The molecule has 0 saturated carbocycles. The minimum absolute atomic E-state index is 0.180. The summed E-state index contributed by atoms with van der Waals surface area (Å²) in [5.41, 5.74) is 0. The van der Waals surface area contributed by atoms with Gasteiger partial charge in [-0.05, 0) is 45.2 Å². The Hall–Kier alpha value is -0.990. The summed E-state index contributed by atoms with van der Waals surface area (Å²) in [7, 11) is -1.47. The number of nitrogens with one attached hydrogen (secondary N) is 2. The van der Waals surface area contributed by atoms with Gasteiger partial charge in [-0.25, -0.2) is 13.1 Å². The molecule has 1 aromatic rings. The van der Waals surface area contributed by atoms with Crippen LogP contribution in [0.3, 0.4) is 0 Å². The van der Waals surface area contributed by atoms with Crippen LogP contribution < -0.4 is 10.0 Å². The highest BCUT2D eigenvalue weighted by atomic mass is 32.2. The number of sulfonamides is 1. The fourth-order valence-corrected chi connectivity index (χ4v) is 3.96. The van der Waals surface area contributed by atoms with Crippen LogP contribution >= 0.6 is 0 Å². The SMILES string of the molecule is CC(NS(=O)(=O)CCC1CCNCC1)c1nncn1C. The zero-order chi connectivity index (χ0) is 14.6. The van der Waals surface area contributed by atoms with E-state index < -0.39 is 10.0 Å². The van der Waals surface area contributed by atoms with Gasteiger partial charge in [0, 0.05) is 7.05 Å². The van der Waals surface area contributed by atoms with E-state index in [1.165, 1.54) is 0 Å². The molecule has 1 atom stereocenters. The van der Waals surface area contributed by atoms with E-state index in [0.29, 0.717) is 11.7 Å². The van der Waals surface area contributed by atoms with Gasteiger partial charge in [-0.1, -0.05) is 0 Å². The van der Waals surface area contributed by atoms with Crippen molar-refractivity contribution in [1.82, 2.24) is 24.8 Å². The lowest BCUT2D eigenvalue weighted by Crippen LogP contribution is -2.33. The Morgan fingerprint density at radius 2 is 2.20 bits per heavy atom. The highest BCUT2D eigenvalue weighted by Crippen LogP contribution is 2.17. The van der Waals surface area contributed by atoms with Crippen LogP contribution in [0.2, 0.25) is 0 Å². The monoisotopic (exact) mass is 301 g/mol. The molecule has 0 bridgehead atoms. The van der Waals surface area contributed by atoms with Crippen molar-refractivity contribution in [2.75, 3.05) is 18.8 Å². The van der Waals surface area contributed by atoms with Gasteiger partial charge in [0.25, 0.3) is 0 Å². The van der Waals surface area contributed by atoms with Crippen LogP contribution in [-0.4, -0.2) is 42.0 Å². The zero-order valence-corrected chi connectivity index (χ0v) is 12.9. The molecule has 2 N–H and O–H groups in total. The van der Waals surface area contributed by atoms with Crippen LogP contribution in [0.1, 0.15) is 38.1 Å². The molecule has 2 rings (SSSR count). The average molecular weight is 301 g/mol. The number of hydrogen-bond acceptors (Lipinski definition) is 5. The number of hydrogen-bond donors (Lipinski definition) is 2. The Balaban J connectivity index is 1.85. The van der Waals surface area contributed by atoms with Gasteiger partial charge < -0.3 is 9.88 Å². The summed E-state index contributed by atoms with van der Waals surface area (Å²) < 4.78 is 28.6. The molecule has 8 heteroatoms. The molecule has 1 aromatic heterocycles. The second kappa shape index (κ2) is 6.64. The topological polar surface area (TPSA) is 88.9 Å². The first kappa shape index (κ1) is 15.4. The van der Waals surface area contributed by atoms with Crippen molar-refractivity contribution < 1.29 is 8.42 Å². The van der Waals surface area contributed by atoms with Crippen LogP contribution in [0.25, 0.3) is 0 Å². The van der Waals surface area contributed by atoms with Crippen molar-refractivity contribution in [2.24, 2.45) is 13.0 Å². The maximum Gasteiger partial charge on any atom is 0.212 e. The van der Waals surface area contributed by atoms with Crippen molar-refractivity contribution in [2.45, 2.75) is 32.2 Å². The Kier molecular flexibility index (Phi) is 5.11. The Bertz CT molecular complexity index is 522. The van der Waals surface area contributed by atoms with E-state index in [1.54, 1.807) is 24.9 Å². The lowest BCUT2D eigenvalue weighted by molar-refractivity contribution is 0.365. The maximum atomic E-state index is 12.1. The second-order valence-electron chi connectivity index (χ2n) is 5.44. The van der Waals surface area contributed by atoms with E-state index >= 15 is 0 Å². The molecule has 1 fully saturated rings. The number of rotatable bonds is 6. The molecular formula is C12H23N5O2S. The molecule has 1 unspecified atom stereocenters. The van der Waals surface area contributed by atoms with Gasteiger partial charge in [-0.3, -0.25) is 0 Å². The van der Waals surface area contributed by atoms with Crippen molar-refractivity contribution >= 4 is 10.0 Å². The third kappa shape index (κ3) is 4.26. The Labute approximate surface area is 120 Å². The molecule has 1 aliphatic heterocycles. The van der Waals surface area contributed by atoms with E-state index in [-0.39, 0.29) is 11.8 Å². The number of aromatic nitrogens is 3. The van der Waals surface area contributed by atoms with E-state index in [4.69, 9.17) is 0 Å². The predicted molar refractivity (Wildman–Crippen MR) is 76.6 cm³/mol. The predicted octanol–water partition coefficient (Wildman–Crippen LogP) is 0.185. The molecule has 20 heavy (non-hydrogen) atoms. The molecule has 0 spiro atoms. The molecule has 2 heterocycles. The van der Waals surface area contributed by atoms with Gasteiger partial charge in [-0.15, -0.1) is 10.2 Å². The summed E-state index contributed by atoms with van der Waals surface area (Å²) in [4.78, 5) is 0. The molecular weight excluding hydrogens is 278 g/mol. The van der Waals surface area contributed by atoms with Crippen LogP contribution in [0.15, 0.2) is 6.33 Å². The number of nitrogens with zero attached hydrogens (tertiary/aromatic N) is 3. The van der Waals surface area contributed by atoms with Gasteiger partial charge >= 0.3 is 0 Å². The normalized spacial score (nSPS) is 19.1. The van der Waals surface area contributed by atoms with Crippen molar-refractivity contribution in [3.05, 3.63) is 12.2 Å². The highest BCUT2D eigenvalue weighted by Gasteiger charge is 2.21. The van der Waals surface area contributed by atoms with Gasteiger partial charge in [-0.2, -0.15) is 0 Å². The van der Waals surface area contributed by atoms with Crippen molar-refractivity contribution in [1.29, 1.82) is 0 Å². The second-order valence-corrected chi connectivity index (χ2v) is 7.31. The maximum absolute atomic E-state index is 12.1. The highest BCUT2D eigenvalue weighted by molar-refractivity contribution is 7.89. The summed E-state index contributed by atoms with van der Waals surface area (Å²) in [6.45, 7) is 3.77. The molecule has 0 aliphatic carbocycles. The Morgan fingerprint density at radius 1 is 1.50 bits per heavy atom. The lowest BCUT2D eigenvalue weighted by Gasteiger charge is -2.22. The third-order valence-electron chi connectivity index (χ3n) is 3.74. The summed E-state index contributed by atoms with van der Waals surface area (Å²) in [6.07, 6.45) is 4.42. The third-order valence-corrected chi connectivity index (χ3v) is 5.23. The van der Waals surface area contributed by atoms with Crippen LogP contribution in [0.4, 0.5) is 0 Å². The lowest BCUT2D eigenvalue weighted by atomic mass is 9.96. The first-order chi connectivity index (χ1) is 9.48. The van der Waals surface area contributed by atoms with E-state index in [9.17, 15) is 8.42 Å². The van der Waals surface area contributed by atoms with Gasteiger partial charge in [0.1, 0.15) is 12.2 Å². The van der Waals surface area contributed by atoms with Crippen LogP contribution in [0.5, 0.6) is 0 Å². The fraction of sp³-hybridized carbons (Fsp3) is 0.833. The first-order valence-electron chi connectivity index (χ1n) is 7.02. The van der Waals surface area contributed by atoms with Crippen molar-refractivity contribution in [3.8, 4) is 0 Å². The molecule has 0 amide bonds. The Morgan fingerprint density at radius 3 is 2.80 bits per heavy atom. The van der Waals surface area contributed by atoms with E-state index in [2.05, 4.69) is 20.2 Å². The number of piperidine rings is 1. The first-order valence-corrected chi connectivity index (χ1v) is 8.68. The van der Waals surface area contributed by atoms with Crippen LogP contribution in [0, 0.1) is 5.92 Å². The zero-order valence-electron chi connectivity index (χ0n) is 12.0. The molecule has 7 nitrogen and oxygen atoms in total. The molecule has 1 aliphatic rings. The smallest absolute Gasteiger partial charge is 0.212 e. The summed E-state index contributed by atoms with van der Waals surface area (Å²) in [6, 6.07) is -0.361. The van der Waals surface area contributed by atoms with E-state index in [0.717, 1.165) is 32.4 Å². The summed E-state index contributed by atoms with van der Waals surface area (Å²) in [5, 5.41) is 11.0. The minimum Gasteiger partial charge on any atom is -0.319 e. The largest absolute Gasteiger partial charge is 0.319 e. The average Bonchev–Trinajstić information content (AvgIpc) is 2.84. The number of aryl methyl sites for hydroxylation is 1. The summed E-state index contributed by atoms with van der Waals surface area (Å²) >= 11 is 0. The van der Waals surface area contributed by atoms with Crippen molar-refractivity contribution in [3.63, 3.8) is 0 Å². The van der Waals surface area contributed by atoms with E-state index in [1.807, 2.05) is 0 Å². The quantitative estimate of drug-likeness (QED) is 0.783. The summed E-state index contributed by atoms with van der Waals surface area (Å²) in [5.74, 6) is 1.31. The standard InChI is InChI=1S/C12H23N5O2S/c1-10(12-15-14-9-17(12)2)16-20(18,19)8-5-11-3-6-13-7-4-11/h9-11,13,16H,3-8H2,1-2H3. The molecule has 0 radical (unpaired) electrons. The van der Waals surface area contributed by atoms with Gasteiger partial charge in [0.15, 0.2) is 0 Å². The van der Waals surface area contributed by atoms with Gasteiger partial charge in [0.2, 0.25) is 10.0 Å². The van der Waals surface area contributed by atoms with Crippen LogP contribution in [-0.2, 0) is 17.1 Å². The molecule has 1 saturated heterocycles. The molecule has 114 valence electrons.